The van der Waals surface area contributed by atoms with E-state index in [1.807, 2.05) is 0 Å². The summed E-state index contributed by atoms with van der Waals surface area (Å²) in [6.45, 7) is -0.965. The van der Waals surface area contributed by atoms with Gasteiger partial charge in [-0.25, -0.2) is 9.68 Å². The number of halogens is 1. The molecule has 1 aromatic carbocycles. The van der Waals surface area contributed by atoms with E-state index in [4.69, 9.17) is 24.0 Å². The van der Waals surface area contributed by atoms with Gasteiger partial charge in [-0.05, 0) is 0 Å². The first-order chi connectivity index (χ1) is 15.2. The third-order valence-corrected chi connectivity index (χ3v) is 5.21. The zero-order valence-corrected chi connectivity index (χ0v) is 17.2. The number of rotatable bonds is 8. The summed E-state index contributed by atoms with van der Waals surface area (Å²) in [5.41, 5.74) is -5.69. The Kier molecular flexibility index (Phi) is 6.44. The highest BCUT2D eigenvalue weighted by Crippen LogP contribution is 2.54. The molecule has 0 aliphatic carbocycles. The third kappa shape index (κ3) is 3.06. The van der Waals surface area contributed by atoms with Crippen molar-refractivity contribution in [1.29, 1.82) is 0 Å². The number of hydrogen-bond acceptors (Lipinski definition) is 10. The molecule has 174 valence electrons. The molecule has 1 aliphatic heterocycles. The summed E-state index contributed by atoms with van der Waals surface area (Å²) in [6, 6.07) is 7.26. The molecule has 0 radical (unpaired) electrons. The summed E-state index contributed by atoms with van der Waals surface area (Å²) < 4.78 is 30.9. The highest BCUT2D eigenvalue weighted by molar-refractivity contribution is 6.02. The number of aliphatic hydroxyl groups is 2. The van der Waals surface area contributed by atoms with Gasteiger partial charge < -0.3 is 24.4 Å². The van der Waals surface area contributed by atoms with E-state index in [9.17, 15) is 29.0 Å². The van der Waals surface area contributed by atoms with Crippen LogP contribution in [-0.4, -0.2) is 71.2 Å². The van der Waals surface area contributed by atoms with Crippen molar-refractivity contribution in [2.75, 3.05) is 27.9 Å². The average molecular weight is 456 g/mol. The van der Waals surface area contributed by atoms with Crippen molar-refractivity contribution < 1.29 is 43.4 Å². The Hall–Kier alpha value is -2.78. The highest BCUT2D eigenvalue weighted by atomic mass is 19.1. The van der Waals surface area contributed by atoms with E-state index in [0.717, 1.165) is 21.3 Å². The molecule has 0 spiro atoms. The number of ether oxygens (including phenoxy) is 3. The first-order valence-electron chi connectivity index (χ1n) is 9.14. The zero-order valence-electron chi connectivity index (χ0n) is 17.2. The predicted octanol–water partition coefficient (Wildman–Crippen LogP) is -1.14. The van der Waals surface area contributed by atoms with Crippen molar-refractivity contribution in [3.05, 3.63) is 68.7 Å². The van der Waals surface area contributed by atoms with Crippen molar-refractivity contribution in [2.45, 2.75) is 23.4 Å². The van der Waals surface area contributed by atoms with Gasteiger partial charge in [0.25, 0.3) is 17.1 Å². The summed E-state index contributed by atoms with van der Waals surface area (Å²) in [7, 11) is 2.95. The van der Waals surface area contributed by atoms with E-state index < -0.39 is 52.9 Å². The van der Waals surface area contributed by atoms with Crippen LogP contribution in [-0.2, 0) is 29.7 Å². The SMILES string of the molecule is COO[C@]1(OC)[C@@](O)(OC)[C@@H](CO)O[C@@]1(C(=O)c1ccccc1)n1cc(F)c(=O)[nH]c1=O. The molecule has 1 aliphatic rings. The summed E-state index contributed by atoms with van der Waals surface area (Å²) in [6.07, 6.45) is -1.40. The van der Waals surface area contributed by atoms with E-state index >= 15 is 0 Å². The molecular weight excluding hydrogens is 435 g/mol. The molecule has 0 unspecified atom stereocenters. The number of aromatic amines is 1. The predicted molar refractivity (Wildman–Crippen MR) is 102 cm³/mol. The number of benzene rings is 1. The highest BCUT2D eigenvalue weighted by Gasteiger charge is 2.82. The number of carbonyl (C=O) groups excluding carboxylic acids is 1. The lowest BCUT2D eigenvalue weighted by atomic mass is 9.87. The van der Waals surface area contributed by atoms with Crippen LogP contribution in [0.3, 0.4) is 0 Å². The Bertz CT molecular complexity index is 1110. The monoisotopic (exact) mass is 456 g/mol. The van der Waals surface area contributed by atoms with Gasteiger partial charge in [0.1, 0.15) is 6.10 Å². The van der Waals surface area contributed by atoms with Crippen LogP contribution < -0.4 is 11.2 Å². The number of nitrogens with one attached hydrogen (secondary N) is 1. The lowest BCUT2D eigenvalue weighted by Gasteiger charge is -2.44. The molecule has 32 heavy (non-hydrogen) atoms. The van der Waals surface area contributed by atoms with Crippen molar-refractivity contribution in [3.63, 3.8) is 0 Å². The smallest absolute Gasteiger partial charge is 0.331 e. The fourth-order valence-electron chi connectivity index (χ4n) is 3.79. The Balaban J connectivity index is 2.51. The minimum Gasteiger partial charge on any atom is -0.393 e. The Morgan fingerprint density at radius 1 is 1.22 bits per heavy atom. The van der Waals surface area contributed by atoms with Crippen molar-refractivity contribution in [3.8, 4) is 0 Å². The summed E-state index contributed by atoms with van der Waals surface area (Å²) in [5.74, 6) is -8.21. The van der Waals surface area contributed by atoms with E-state index in [-0.39, 0.29) is 5.56 Å². The van der Waals surface area contributed by atoms with Crippen molar-refractivity contribution >= 4 is 5.78 Å². The van der Waals surface area contributed by atoms with Crippen LogP contribution in [0.4, 0.5) is 4.39 Å². The van der Waals surface area contributed by atoms with Gasteiger partial charge in [0.2, 0.25) is 11.6 Å². The van der Waals surface area contributed by atoms with Gasteiger partial charge in [0, 0.05) is 19.8 Å². The Morgan fingerprint density at radius 2 is 1.88 bits per heavy atom. The first-order valence-corrected chi connectivity index (χ1v) is 9.14. The molecule has 0 amide bonds. The number of carbonyl (C=O) groups is 1. The van der Waals surface area contributed by atoms with Crippen molar-refractivity contribution in [2.24, 2.45) is 0 Å². The standard InChI is InChI=1S/C19H21FN2O10/c1-28-18(27)13(10-23)31-17(19(18,29-2)32-30-3,14(24)11-7-5-4-6-8-11)22-9-12(20)15(25)21-16(22)26/h4-9,13,23,27H,10H2,1-3H3,(H,21,25,26)/t13-,17-,18+,19+/m1/s1. The van der Waals surface area contributed by atoms with Gasteiger partial charge in [-0.1, -0.05) is 30.3 Å². The number of ketones is 1. The van der Waals surface area contributed by atoms with Gasteiger partial charge >= 0.3 is 11.5 Å². The molecule has 1 fully saturated rings. The summed E-state index contributed by atoms with van der Waals surface area (Å²) >= 11 is 0. The van der Waals surface area contributed by atoms with Gasteiger partial charge in [-0.2, -0.15) is 9.28 Å². The molecule has 3 N–H and O–H groups in total. The maximum atomic E-state index is 14.3. The van der Waals surface area contributed by atoms with E-state index in [0.29, 0.717) is 10.8 Å². The second kappa shape index (κ2) is 8.63. The van der Waals surface area contributed by atoms with Crippen LogP contribution >= 0.6 is 0 Å². The van der Waals surface area contributed by atoms with Gasteiger partial charge in [-0.3, -0.25) is 19.1 Å². The number of Topliss-reactive ketones (excluding diaryl/α,β-unsaturated/α-hetero) is 1. The number of methoxy groups -OCH3 is 2. The third-order valence-electron chi connectivity index (χ3n) is 5.21. The van der Waals surface area contributed by atoms with E-state index in [1.54, 1.807) is 11.1 Å². The zero-order chi connectivity index (χ0) is 23.7. The fourth-order valence-corrected chi connectivity index (χ4v) is 3.79. The maximum Gasteiger partial charge on any atom is 0.331 e. The first kappa shape index (κ1) is 23.9. The number of hydrogen-bond donors (Lipinski definition) is 3. The molecule has 0 bridgehead atoms. The summed E-state index contributed by atoms with van der Waals surface area (Å²) in [4.78, 5) is 49.9. The van der Waals surface area contributed by atoms with Gasteiger partial charge in [0.15, 0.2) is 0 Å². The molecule has 3 rings (SSSR count). The lowest BCUT2D eigenvalue weighted by molar-refractivity contribution is -0.497. The molecule has 2 heterocycles. The van der Waals surface area contributed by atoms with Gasteiger partial charge in [0.05, 0.1) is 19.9 Å². The molecular formula is C19H21FN2O10. The molecule has 0 saturated carbocycles. The minimum absolute atomic E-state index is 0.0934. The summed E-state index contributed by atoms with van der Waals surface area (Å²) in [5, 5.41) is 21.2. The molecule has 12 nitrogen and oxygen atoms in total. The van der Waals surface area contributed by atoms with Crippen LogP contribution in [0.1, 0.15) is 10.4 Å². The molecule has 2 aromatic rings. The molecule has 4 atom stereocenters. The number of aliphatic hydroxyl groups excluding tert-OH is 1. The van der Waals surface area contributed by atoms with E-state index in [2.05, 4.69) is 0 Å². The van der Waals surface area contributed by atoms with Crippen LogP contribution in [0, 0.1) is 5.82 Å². The van der Waals surface area contributed by atoms with Crippen LogP contribution in [0.25, 0.3) is 0 Å². The molecule has 1 saturated heterocycles. The largest absolute Gasteiger partial charge is 0.393 e. The average Bonchev–Trinajstić information content (AvgIpc) is 3.02. The fraction of sp³-hybridized carbons (Fsp3) is 0.421. The molecule has 1 aromatic heterocycles. The number of aromatic nitrogens is 2. The topological polar surface area (TPSA) is 159 Å². The second-order valence-corrected chi connectivity index (χ2v) is 6.71. The molecule has 13 heteroatoms. The normalized spacial score (nSPS) is 29.9. The second-order valence-electron chi connectivity index (χ2n) is 6.71. The van der Waals surface area contributed by atoms with E-state index in [1.165, 1.54) is 24.3 Å². The van der Waals surface area contributed by atoms with Crippen LogP contribution in [0.2, 0.25) is 0 Å². The Labute approximate surface area is 179 Å². The quantitative estimate of drug-likeness (QED) is 0.192. The number of H-pyrrole nitrogens is 1. The minimum atomic E-state index is -2.90. The van der Waals surface area contributed by atoms with Gasteiger partial charge in [-0.15, -0.1) is 0 Å². The van der Waals surface area contributed by atoms with Crippen LogP contribution in [0.5, 0.6) is 0 Å². The lowest BCUT2D eigenvalue weighted by Crippen LogP contribution is -2.71. The maximum absolute atomic E-state index is 14.3. The Morgan fingerprint density at radius 3 is 2.41 bits per heavy atom. The van der Waals surface area contributed by atoms with Crippen LogP contribution in [0.15, 0.2) is 46.1 Å². The van der Waals surface area contributed by atoms with Crippen molar-refractivity contribution in [1.82, 2.24) is 9.55 Å². The number of nitrogens with zero attached hydrogens (tertiary/aromatic N) is 1.